The third kappa shape index (κ3) is 1.71. The summed E-state index contributed by atoms with van der Waals surface area (Å²) in [6.07, 6.45) is 1.48. The zero-order valence-corrected chi connectivity index (χ0v) is 12.4. The average Bonchev–Trinajstić information content (AvgIpc) is 2.61. The van der Waals surface area contributed by atoms with E-state index in [1.165, 1.54) is 0 Å². The molecule has 3 rings (SSSR count). The van der Waals surface area contributed by atoms with Gasteiger partial charge in [0.1, 0.15) is 5.54 Å². The maximum absolute atomic E-state index is 12.2. The lowest BCUT2D eigenvalue weighted by Crippen LogP contribution is -2.49. The summed E-state index contributed by atoms with van der Waals surface area (Å²) in [6.45, 7) is 4.34. The highest BCUT2D eigenvalue weighted by atomic mass is 79.9. The molecule has 1 aliphatic heterocycles. The molecule has 1 fully saturated rings. The van der Waals surface area contributed by atoms with E-state index in [0.717, 1.165) is 22.0 Å². The third-order valence-corrected chi connectivity index (χ3v) is 4.73. The fourth-order valence-corrected chi connectivity index (χ4v) is 3.45. The van der Waals surface area contributed by atoms with Gasteiger partial charge in [-0.1, -0.05) is 35.8 Å². The number of nitrogens with one attached hydrogen (secondary N) is 2. The van der Waals surface area contributed by atoms with Crippen LogP contribution in [-0.4, -0.2) is 11.9 Å². The number of benzene rings is 1. The first-order chi connectivity index (χ1) is 8.85. The molecule has 100 valence electrons. The number of imide groups is 1. The topological polar surface area (TPSA) is 58.2 Å². The summed E-state index contributed by atoms with van der Waals surface area (Å²) in [4.78, 5) is 23.8. The Hall–Kier alpha value is -1.36. The van der Waals surface area contributed by atoms with Crippen molar-refractivity contribution in [1.29, 1.82) is 0 Å². The predicted molar refractivity (Wildman–Crippen MR) is 74.8 cm³/mol. The van der Waals surface area contributed by atoms with Crippen molar-refractivity contribution in [2.45, 2.75) is 37.6 Å². The number of carbonyl (C=O) groups excluding carboxylic acids is 2. The Bertz CT molecular complexity index is 597. The highest BCUT2D eigenvalue weighted by Gasteiger charge is 2.52. The van der Waals surface area contributed by atoms with Gasteiger partial charge in [-0.25, -0.2) is 4.79 Å². The lowest BCUT2D eigenvalue weighted by Gasteiger charge is -2.41. The second kappa shape index (κ2) is 3.82. The quantitative estimate of drug-likeness (QED) is 0.721. The van der Waals surface area contributed by atoms with E-state index in [1.54, 1.807) is 0 Å². The van der Waals surface area contributed by atoms with Crippen molar-refractivity contribution >= 4 is 27.9 Å². The van der Waals surface area contributed by atoms with Crippen LogP contribution in [0, 0.1) is 0 Å². The summed E-state index contributed by atoms with van der Waals surface area (Å²) in [5.74, 6) is -0.243. The monoisotopic (exact) mass is 322 g/mol. The van der Waals surface area contributed by atoms with Crippen molar-refractivity contribution < 1.29 is 9.59 Å². The standard InChI is InChI=1S/C14H15BrN2O2/c1-13(2)5-6-14(11(18)16-12(19)17-14)10-7-8(15)3-4-9(10)13/h3-4,7H,5-6H2,1-2H3,(H2,16,17,18,19). The van der Waals surface area contributed by atoms with E-state index >= 15 is 0 Å². The number of hydrogen-bond acceptors (Lipinski definition) is 2. The van der Waals surface area contributed by atoms with E-state index in [9.17, 15) is 9.59 Å². The Morgan fingerprint density at radius 1 is 1.16 bits per heavy atom. The smallest absolute Gasteiger partial charge is 0.319 e. The van der Waals surface area contributed by atoms with Crippen LogP contribution in [0.15, 0.2) is 22.7 Å². The van der Waals surface area contributed by atoms with Crippen molar-refractivity contribution in [3.8, 4) is 0 Å². The number of halogens is 1. The lowest BCUT2D eigenvalue weighted by molar-refractivity contribution is -0.125. The zero-order valence-electron chi connectivity index (χ0n) is 10.8. The number of rotatable bonds is 0. The van der Waals surface area contributed by atoms with Gasteiger partial charge in [-0.15, -0.1) is 0 Å². The van der Waals surface area contributed by atoms with E-state index in [1.807, 2.05) is 18.2 Å². The van der Waals surface area contributed by atoms with Gasteiger partial charge in [0, 0.05) is 4.47 Å². The highest BCUT2D eigenvalue weighted by Crippen LogP contribution is 2.46. The predicted octanol–water partition coefficient (Wildman–Crippen LogP) is 2.56. The van der Waals surface area contributed by atoms with Crippen LogP contribution in [0.2, 0.25) is 0 Å². The van der Waals surface area contributed by atoms with Gasteiger partial charge < -0.3 is 5.32 Å². The van der Waals surface area contributed by atoms with E-state index in [4.69, 9.17) is 0 Å². The second-order valence-corrected chi connectivity index (χ2v) is 6.80. The van der Waals surface area contributed by atoms with Crippen LogP contribution in [-0.2, 0) is 15.7 Å². The highest BCUT2D eigenvalue weighted by molar-refractivity contribution is 9.10. The van der Waals surface area contributed by atoms with Crippen LogP contribution < -0.4 is 10.6 Å². The molecular weight excluding hydrogens is 308 g/mol. The van der Waals surface area contributed by atoms with Crippen LogP contribution in [0.4, 0.5) is 4.79 Å². The largest absolute Gasteiger partial charge is 0.322 e. The molecule has 1 unspecified atom stereocenters. The molecule has 1 aliphatic carbocycles. The normalized spacial score (nSPS) is 27.9. The molecule has 1 aromatic rings. The molecule has 1 spiro atoms. The fraction of sp³-hybridized carbons (Fsp3) is 0.429. The van der Waals surface area contributed by atoms with Crippen molar-refractivity contribution in [3.63, 3.8) is 0 Å². The molecule has 3 amide bonds. The minimum Gasteiger partial charge on any atom is -0.319 e. The summed E-state index contributed by atoms with van der Waals surface area (Å²) >= 11 is 3.45. The molecule has 2 aliphatic rings. The first-order valence-electron chi connectivity index (χ1n) is 6.29. The number of fused-ring (bicyclic) bond motifs is 2. The Morgan fingerprint density at radius 2 is 1.89 bits per heavy atom. The molecule has 2 N–H and O–H groups in total. The van der Waals surface area contributed by atoms with Gasteiger partial charge in [-0.05, 0) is 41.5 Å². The van der Waals surface area contributed by atoms with Gasteiger partial charge in [-0.2, -0.15) is 0 Å². The van der Waals surface area contributed by atoms with E-state index in [0.29, 0.717) is 6.42 Å². The third-order valence-electron chi connectivity index (χ3n) is 4.24. The lowest BCUT2D eigenvalue weighted by atomic mass is 9.65. The fourth-order valence-electron chi connectivity index (χ4n) is 3.09. The van der Waals surface area contributed by atoms with E-state index in [-0.39, 0.29) is 11.3 Å². The van der Waals surface area contributed by atoms with Gasteiger partial charge in [0.2, 0.25) is 0 Å². The number of urea groups is 1. The van der Waals surface area contributed by atoms with E-state index < -0.39 is 11.6 Å². The maximum Gasteiger partial charge on any atom is 0.322 e. The summed E-state index contributed by atoms with van der Waals surface area (Å²) in [5, 5.41) is 5.18. The Kier molecular flexibility index (Phi) is 2.55. The van der Waals surface area contributed by atoms with Gasteiger partial charge in [0.25, 0.3) is 5.91 Å². The molecule has 0 saturated carbocycles. The zero-order chi connectivity index (χ0) is 13.8. The first-order valence-corrected chi connectivity index (χ1v) is 7.09. The van der Waals surface area contributed by atoms with Crippen LogP contribution in [0.1, 0.15) is 37.8 Å². The molecule has 0 radical (unpaired) electrons. The van der Waals surface area contributed by atoms with E-state index in [2.05, 4.69) is 40.4 Å². The molecule has 4 nitrogen and oxygen atoms in total. The number of amides is 3. The summed E-state index contributed by atoms with van der Waals surface area (Å²) in [5.41, 5.74) is 1.14. The number of hydrogen-bond donors (Lipinski definition) is 2. The average molecular weight is 323 g/mol. The summed E-state index contributed by atoms with van der Waals surface area (Å²) < 4.78 is 0.914. The van der Waals surface area contributed by atoms with Gasteiger partial charge in [-0.3, -0.25) is 10.1 Å². The minimum absolute atomic E-state index is 0.00881. The van der Waals surface area contributed by atoms with Crippen molar-refractivity contribution in [1.82, 2.24) is 10.6 Å². The van der Waals surface area contributed by atoms with Crippen molar-refractivity contribution in [3.05, 3.63) is 33.8 Å². The Labute approximate surface area is 120 Å². The molecular formula is C14H15BrN2O2. The van der Waals surface area contributed by atoms with Gasteiger partial charge in [0.05, 0.1) is 0 Å². The minimum atomic E-state index is -0.897. The molecule has 1 heterocycles. The van der Waals surface area contributed by atoms with Crippen LogP contribution >= 0.6 is 15.9 Å². The summed E-state index contributed by atoms with van der Waals surface area (Å²) in [7, 11) is 0. The van der Waals surface area contributed by atoms with Crippen LogP contribution in [0.5, 0.6) is 0 Å². The molecule has 0 bridgehead atoms. The molecule has 1 aromatic carbocycles. The Balaban J connectivity index is 2.25. The molecule has 0 aromatic heterocycles. The van der Waals surface area contributed by atoms with Crippen molar-refractivity contribution in [2.24, 2.45) is 0 Å². The Morgan fingerprint density at radius 3 is 2.53 bits per heavy atom. The molecule has 5 heteroatoms. The van der Waals surface area contributed by atoms with Crippen LogP contribution in [0.25, 0.3) is 0 Å². The molecule has 1 saturated heterocycles. The summed E-state index contributed by atoms with van der Waals surface area (Å²) in [6, 6.07) is 5.56. The molecule has 1 atom stereocenters. The maximum atomic E-state index is 12.2. The number of carbonyl (C=O) groups is 2. The first kappa shape index (κ1) is 12.7. The van der Waals surface area contributed by atoms with Crippen molar-refractivity contribution in [2.75, 3.05) is 0 Å². The SMILES string of the molecule is CC1(C)CCC2(NC(=O)NC2=O)c2cc(Br)ccc21. The van der Waals surface area contributed by atoms with Crippen LogP contribution in [0.3, 0.4) is 0 Å². The van der Waals surface area contributed by atoms with Gasteiger partial charge >= 0.3 is 6.03 Å². The van der Waals surface area contributed by atoms with Gasteiger partial charge in [0.15, 0.2) is 0 Å². The molecule has 19 heavy (non-hydrogen) atoms. The second-order valence-electron chi connectivity index (χ2n) is 5.89.